The normalized spacial score (nSPS) is 24.0. The summed E-state index contributed by atoms with van der Waals surface area (Å²) in [4.78, 5) is 9.18. The lowest BCUT2D eigenvalue weighted by Gasteiger charge is -2.52. The zero-order valence-corrected chi connectivity index (χ0v) is 25.6. The molecule has 4 fully saturated rings. The second kappa shape index (κ2) is 14.9. The highest BCUT2D eigenvalue weighted by molar-refractivity contribution is 5.88. The van der Waals surface area contributed by atoms with Gasteiger partial charge in [-0.05, 0) is 104 Å². The minimum Gasteiger partial charge on any atom is -0.507 e. The maximum atomic E-state index is 13.2. The highest BCUT2D eigenvalue weighted by Gasteiger charge is 2.45. The molecule has 0 amide bonds. The molecule has 4 aliphatic carbocycles. The maximum absolute atomic E-state index is 13.2. The van der Waals surface area contributed by atoms with Gasteiger partial charge in [-0.25, -0.2) is 0 Å². The van der Waals surface area contributed by atoms with Crippen molar-refractivity contribution in [3.63, 3.8) is 0 Å². The predicted molar refractivity (Wildman–Crippen MR) is 166 cm³/mol. The number of benzene rings is 2. The van der Waals surface area contributed by atoms with E-state index in [1.54, 1.807) is 25.1 Å². The molecule has 2 N–H and O–H groups in total. The molecule has 4 aliphatic rings. The van der Waals surface area contributed by atoms with Gasteiger partial charge in [0.2, 0.25) is 0 Å². The van der Waals surface area contributed by atoms with Crippen molar-refractivity contribution in [2.24, 2.45) is 16.7 Å². The maximum Gasteiger partial charge on any atom is 0.420 e. The molecule has 0 aromatic heterocycles. The van der Waals surface area contributed by atoms with Gasteiger partial charge in [-0.2, -0.15) is 13.2 Å². The molecule has 0 atom stereocenters. The van der Waals surface area contributed by atoms with Crippen molar-refractivity contribution < 1.29 is 27.8 Å². The summed E-state index contributed by atoms with van der Waals surface area (Å²) >= 11 is 0. The van der Waals surface area contributed by atoms with Gasteiger partial charge in [-0.1, -0.05) is 72.6 Å². The molecule has 238 valence electrons. The van der Waals surface area contributed by atoms with E-state index in [0.717, 1.165) is 17.5 Å². The first-order chi connectivity index (χ1) is 19.2. The fraction of sp³-hybridized carbons (Fsp3) is 0.686. The van der Waals surface area contributed by atoms with Crippen LogP contribution in [0.15, 0.2) is 30.3 Å². The Bertz CT molecular complexity index is 1110. The van der Waals surface area contributed by atoms with Crippen LogP contribution in [0.1, 0.15) is 124 Å². The van der Waals surface area contributed by atoms with E-state index in [0.29, 0.717) is 35.8 Å². The molecule has 2 bridgehead atoms. The number of hydrogen-bond acceptors (Lipinski definition) is 4. The van der Waals surface area contributed by atoms with Crippen LogP contribution >= 0.6 is 0 Å². The molecule has 0 saturated heterocycles. The molecule has 4 saturated carbocycles. The third-order valence-corrected chi connectivity index (χ3v) is 9.70. The molecular formula is C35H54F3NO3. The largest absolute Gasteiger partial charge is 0.507 e. The van der Waals surface area contributed by atoms with Gasteiger partial charge in [0.05, 0.1) is 6.61 Å². The number of phenols is 1. The summed E-state index contributed by atoms with van der Waals surface area (Å²) in [6, 6.07) is 7.68. The summed E-state index contributed by atoms with van der Waals surface area (Å²) in [5.41, 5.74) is 1.30. The quantitative estimate of drug-likeness (QED) is 0.339. The van der Waals surface area contributed by atoms with Gasteiger partial charge < -0.3 is 15.2 Å². The van der Waals surface area contributed by atoms with Crippen LogP contribution in [0.2, 0.25) is 0 Å². The third-order valence-electron chi connectivity index (χ3n) is 9.70. The van der Waals surface area contributed by atoms with Gasteiger partial charge in [0.25, 0.3) is 6.47 Å². The molecular weight excluding hydrogens is 539 g/mol. The Morgan fingerprint density at radius 2 is 1.57 bits per heavy atom. The monoisotopic (exact) mass is 593 g/mol. The lowest BCUT2D eigenvalue weighted by molar-refractivity contribution is -0.137. The Balaban J connectivity index is 0.000000320. The van der Waals surface area contributed by atoms with E-state index < -0.39 is 17.5 Å². The van der Waals surface area contributed by atoms with Gasteiger partial charge in [0.15, 0.2) is 0 Å². The fourth-order valence-electron chi connectivity index (χ4n) is 6.74. The number of phenolic OH excluding ortho intramolecular Hbond substituents is 1. The van der Waals surface area contributed by atoms with Gasteiger partial charge in [-0.3, -0.25) is 4.79 Å². The summed E-state index contributed by atoms with van der Waals surface area (Å²) in [7, 11) is 0. The summed E-state index contributed by atoms with van der Waals surface area (Å²) in [6.07, 6.45) is 10.1. The van der Waals surface area contributed by atoms with Crippen molar-refractivity contribution in [2.75, 3.05) is 6.61 Å². The van der Waals surface area contributed by atoms with Gasteiger partial charge in [0, 0.05) is 12.1 Å². The SMILES string of the molecule is C.CC(C)(C)C1CCCCC1.CC12CCC(NCc3ccc4c(C(F)(F)F)c(O)ccc4c3)(CC1)CC2.CCOC=O. The van der Waals surface area contributed by atoms with Crippen molar-refractivity contribution >= 4 is 17.2 Å². The van der Waals surface area contributed by atoms with Gasteiger partial charge in [-0.15, -0.1) is 0 Å². The van der Waals surface area contributed by atoms with E-state index in [4.69, 9.17) is 0 Å². The van der Waals surface area contributed by atoms with Crippen molar-refractivity contribution in [1.29, 1.82) is 0 Å². The zero-order valence-electron chi connectivity index (χ0n) is 25.6. The molecule has 0 aliphatic heterocycles. The highest BCUT2D eigenvalue weighted by Crippen LogP contribution is 2.52. The van der Waals surface area contributed by atoms with Crippen molar-refractivity contribution in [1.82, 2.24) is 5.32 Å². The Morgan fingerprint density at radius 1 is 0.976 bits per heavy atom. The molecule has 42 heavy (non-hydrogen) atoms. The second-order valence-electron chi connectivity index (χ2n) is 13.7. The number of rotatable bonds is 5. The zero-order chi connectivity index (χ0) is 30.3. The predicted octanol–water partition coefficient (Wildman–Crippen LogP) is 10.2. The van der Waals surface area contributed by atoms with E-state index in [1.807, 2.05) is 0 Å². The summed E-state index contributed by atoms with van der Waals surface area (Å²) in [6.45, 7) is 12.8. The molecule has 2 aromatic carbocycles. The minimum atomic E-state index is -4.57. The summed E-state index contributed by atoms with van der Waals surface area (Å²) < 4.78 is 43.8. The average molecular weight is 594 g/mol. The van der Waals surface area contributed by atoms with Gasteiger partial charge >= 0.3 is 6.18 Å². The van der Waals surface area contributed by atoms with E-state index in [2.05, 4.69) is 37.7 Å². The van der Waals surface area contributed by atoms with Crippen molar-refractivity contribution in [2.45, 2.75) is 131 Å². The Hall–Kier alpha value is -2.28. The first kappa shape index (κ1) is 35.9. The first-order valence-electron chi connectivity index (χ1n) is 15.3. The lowest BCUT2D eigenvalue weighted by Crippen LogP contribution is -2.53. The van der Waals surface area contributed by atoms with Crippen LogP contribution < -0.4 is 5.32 Å². The molecule has 4 nitrogen and oxygen atoms in total. The van der Waals surface area contributed by atoms with Crippen LogP contribution in [0.3, 0.4) is 0 Å². The number of nitrogens with one attached hydrogen (secondary N) is 1. The first-order valence-corrected chi connectivity index (χ1v) is 15.3. The minimum absolute atomic E-state index is 0. The van der Waals surface area contributed by atoms with E-state index in [9.17, 15) is 23.1 Å². The van der Waals surface area contributed by atoms with Gasteiger partial charge in [0.1, 0.15) is 11.3 Å². The number of carbonyl (C=O) groups excluding carboxylic acids is 1. The molecule has 2 aromatic rings. The van der Waals surface area contributed by atoms with E-state index >= 15 is 0 Å². The Labute approximate surface area is 251 Å². The highest BCUT2D eigenvalue weighted by atomic mass is 19.4. The molecule has 6 rings (SSSR count). The van der Waals surface area contributed by atoms with Crippen LogP contribution in [-0.4, -0.2) is 23.7 Å². The Morgan fingerprint density at radius 3 is 2.02 bits per heavy atom. The van der Waals surface area contributed by atoms with Crippen LogP contribution in [-0.2, 0) is 22.3 Å². The topological polar surface area (TPSA) is 58.6 Å². The number of fused-ring (bicyclic) bond motifs is 4. The van der Waals surface area contributed by atoms with Crippen molar-refractivity contribution in [3.8, 4) is 5.75 Å². The number of ether oxygens (including phenoxy) is 1. The number of halogens is 3. The number of aromatic hydroxyl groups is 1. The summed E-state index contributed by atoms with van der Waals surface area (Å²) in [5.74, 6) is 0.281. The van der Waals surface area contributed by atoms with E-state index in [-0.39, 0.29) is 18.4 Å². The lowest BCUT2D eigenvalue weighted by atomic mass is 9.58. The van der Waals surface area contributed by atoms with Crippen LogP contribution in [0.5, 0.6) is 5.75 Å². The molecule has 0 heterocycles. The molecule has 0 unspecified atom stereocenters. The van der Waals surface area contributed by atoms with Crippen molar-refractivity contribution in [3.05, 3.63) is 41.5 Å². The number of alkyl halides is 3. The summed E-state index contributed by atoms with van der Waals surface area (Å²) in [5, 5.41) is 13.9. The van der Waals surface area contributed by atoms with Crippen LogP contribution in [0.4, 0.5) is 13.2 Å². The van der Waals surface area contributed by atoms with E-state index in [1.165, 1.54) is 76.7 Å². The fourth-order valence-corrected chi connectivity index (χ4v) is 6.74. The standard InChI is InChI=1S/C21H24F3NO.C10H20.C3H6O2.CH4/c1-19-6-9-20(10-7-19,11-8-19)25-13-14-2-4-16-15(12-14)3-5-17(26)18(16)21(22,23)24;1-10(2,3)9-7-5-4-6-8-9;1-2-5-3-4;/h2-5,12,25-26H,6-11,13H2,1H3;9H,4-8H2,1-3H3;3H,2H2,1H3;1H4. The number of hydrogen-bond donors (Lipinski definition) is 2. The van der Waals surface area contributed by atoms with Crippen LogP contribution in [0.25, 0.3) is 10.8 Å². The average Bonchev–Trinajstić information content (AvgIpc) is 2.93. The Kier molecular flexibility index (Phi) is 12.8. The van der Waals surface area contributed by atoms with Crippen LogP contribution in [0, 0.1) is 16.7 Å². The molecule has 0 radical (unpaired) electrons. The number of carbonyl (C=O) groups is 1. The molecule has 0 spiro atoms. The smallest absolute Gasteiger partial charge is 0.420 e. The molecule has 7 heteroatoms. The third kappa shape index (κ3) is 9.62. The second-order valence-corrected chi connectivity index (χ2v) is 13.7.